The van der Waals surface area contributed by atoms with Crippen LogP contribution in [0.25, 0.3) is 0 Å². The minimum Gasteiger partial charge on any atom is -0.494 e. The van der Waals surface area contributed by atoms with Crippen LogP contribution in [0.1, 0.15) is 113 Å². The summed E-state index contributed by atoms with van der Waals surface area (Å²) in [5.41, 5.74) is 4.11. The Hall–Kier alpha value is -2.46. The van der Waals surface area contributed by atoms with Gasteiger partial charge in [-0.15, -0.1) is 0 Å². The van der Waals surface area contributed by atoms with Gasteiger partial charge in [-0.05, 0) is 123 Å². The molecule has 1 nitrogen and oxygen atoms in total. The smallest absolute Gasteiger partial charge is 0.119 e. The maximum Gasteiger partial charge on any atom is 0.119 e. The van der Waals surface area contributed by atoms with Crippen molar-refractivity contribution in [1.82, 2.24) is 0 Å². The average molecular weight is 469 g/mol. The highest BCUT2D eigenvalue weighted by atomic mass is 16.5. The van der Waals surface area contributed by atoms with E-state index in [0.717, 1.165) is 36.2 Å². The highest BCUT2D eigenvalue weighted by molar-refractivity contribution is 5.39. The van der Waals surface area contributed by atoms with Crippen molar-refractivity contribution in [2.75, 3.05) is 6.61 Å². The maximum atomic E-state index is 5.72. The van der Waals surface area contributed by atoms with E-state index >= 15 is 0 Å². The summed E-state index contributed by atoms with van der Waals surface area (Å²) >= 11 is 0. The van der Waals surface area contributed by atoms with E-state index in [2.05, 4.69) is 86.4 Å². The molecule has 0 radical (unpaired) electrons. The first-order valence-corrected chi connectivity index (χ1v) is 14.3. The van der Waals surface area contributed by atoms with Crippen molar-refractivity contribution in [2.45, 2.75) is 96.3 Å². The van der Waals surface area contributed by atoms with Gasteiger partial charge in [0.25, 0.3) is 0 Å². The summed E-state index contributed by atoms with van der Waals surface area (Å²) in [5, 5.41) is 0. The van der Waals surface area contributed by atoms with Crippen LogP contribution in [0.15, 0.2) is 60.7 Å². The number of allylic oxidation sites excluding steroid dienone is 2. The standard InChI is InChI=1S/C34H44O/c1-3-7-27-10-16-30(17-11-27)31-18-12-28(13-19-31)8-5-6-9-29-14-20-32(21-15-29)33-22-24-34(25-23-33)35-26-4-2/h6,9,12-13,18-19,22-25,27,29-30,32H,3-4,7,10-11,14-17,20-21,26H2,1-2H3/b9-6+/t27-,29-,30-,32-. The van der Waals surface area contributed by atoms with Crippen molar-refractivity contribution >= 4 is 0 Å². The molecular formula is C34H44O. The largest absolute Gasteiger partial charge is 0.494 e. The fourth-order valence-corrected chi connectivity index (χ4v) is 6.04. The Morgan fingerprint density at radius 2 is 1.34 bits per heavy atom. The predicted molar refractivity (Wildman–Crippen MR) is 149 cm³/mol. The number of hydrogen-bond donors (Lipinski definition) is 0. The van der Waals surface area contributed by atoms with Gasteiger partial charge in [-0.1, -0.05) is 68.9 Å². The molecule has 0 heterocycles. The first-order valence-electron chi connectivity index (χ1n) is 14.3. The van der Waals surface area contributed by atoms with Crippen molar-refractivity contribution in [2.24, 2.45) is 11.8 Å². The second kappa shape index (κ2) is 13.6. The summed E-state index contributed by atoms with van der Waals surface area (Å²) < 4.78 is 5.72. The Kier molecular flexibility index (Phi) is 9.94. The third-order valence-electron chi connectivity index (χ3n) is 8.19. The van der Waals surface area contributed by atoms with Gasteiger partial charge < -0.3 is 4.74 Å². The van der Waals surface area contributed by atoms with E-state index in [-0.39, 0.29) is 0 Å². The lowest BCUT2D eigenvalue weighted by Crippen LogP contribution is -2.13. The van der Waals surface area contributed by atoms with Gasteiger partial charge in [0.1, 0.15) is 5.75 Å². The van der Waals surface area contributed by atoms with Crippen LogP contribution in [0.2, 0.25) is 0 Å². The molecule has 0 N–H and O–H groups in total. The van der Waals surface area contributed by atoms with Gasteiger partial charge in [0.2, 0.25) is 0 Å². The van der Waals surface area contributed by atoms with Gasteiger partial charge >= 0.3 is 0 Å². The van der Waals surface area contributed by atoms with Crippen LogP contribution < -0.4 is 4.74 Å². The molecular weight excluding hydrogens is 424 g/mol. The summed E-state index contributed by atoms with van der Waals surface area (Å²) in [6.45, 7) is 5.26. The molecule has 2 aliphatic rings. The molecule has 0 atom stereocenters. The highest BCUT2D eigenvalue weighted by Gasteiger charge is 2.22. The molecule has 0 unspecified atom stereocenters. The minimum atomic E-state index is 0.665. The SMILES string of the molecule is CCCOc1ccc([C@H]2CC[C@H](/C=C/C#Cc3ccc([C@H]4CC[C@H](CCC)CC4)cc3)CC2)cc1. The summed E-state index contributed by atoms with van der Waals surface area (Å²) in [7, 11) is 0. The minimum absolute atomic E-state index is 0.665. The van der Waals surface area contributed by atoms with Crippen molar-refractivity contribution in [3.05, 3.63) is 77.4 Å². The van der Waals surface area contributed by atoms with E-state index < -0.39 is 0 Å². The first kappa shape index (κ1) is 25.6. The summed E-state index contributed by atoms with van der Waals surface area (Å²) in [4.78, 5) is 0. The van der Waals surface area contributed by atoms with Crippen molar-refractivity contribution in [3.8, 4) is 17.6 Å². The van der Waals surface area contributed by atoms with Gasteiger partial charge in [-0.3, -0.25) is 0 Å². The molecule has 0 aromatic heterocycles. The molecule has 35 heavy (non-hydrogen) atoms. The number of hydrogen-bond acceptors (Lipinski definition) is 1. The van der Waals surface area contributed by atoms with Gasteiger partial charge in [0.05, 0.1) is 6.61 Å². The Morgan fingerprint density at radius 1 is 0.743 bits per heavy atom. The fourth-order valence-electron chi connectivity index (χ4n) is 6.04. The normalized spacial score (nSPS) is 24.6. The predicted octanol–water partition coefficient (Wildman–Crippen LogP) is 9.43. The molecule has 2 fully saturated rings. The Morgan fingerprint density at radius 3 is 1.94 bits per heavy atom. The molecule has 4 rings (SSSR count). The lowest BCUT2D eigenvalue weighted by Gasteiger charge is -2.28. The molecule has 186 valence electrons. The fraction of sp³-hybridized carbons (Fsp3) is 0.529. The van der Waals surface area contributed by atoms with E-state index in [1.807, 2.05) is 0 Å². The summed E-state index contributed by atoms with van der Waals surface area (Å²) in [6.07, 6.45) is 18.8. The third kappa shape index (κ3) is 7.76. The number of ether oxygens (including phenoxy) is 1. The van der Waals surface area contributed by atoms with Gasteiger partial charge in [0.15, 0.2) is 0 Å². The van der Waals surface area contributed by atoms with Crippen LogP contribution in [0, 0.1) is 23.7 Å². The lowest BCUT2D eigenvalue weighted by molar-refractivity contribution is 0.308. The molecule has 2 saturated carbocycles. The Labute approximate surface area is 214 Å². The van der Waals surface area contributed by atoms with Crippen LogP contribution >= 0.6 is 0 Å². The van der Waals surface area contributed by atoms with E-state index in [4.69, 9.17) is 4.74 Å². The third-order valence-corrected chi connectivity index (χ3v) is 8.19. The van der Waals surface area contributed by atoms with Crippen molar-refractivity contribution in [3.63, 3.8) is 0 Å². The van der Waals surface area contributed by atoms with Gasteiger partial charge in [-0.25, -0.2) is 0 Å². The number of benzene rings is 2. The molecule has 2 aromatic carbocycles. The van der Waals surface area contributed by atoms with Gasteiger partial charge in [0, 0.05) is 5.56 Å². The Bertz CT molecular complexity index is 956. The quantitative estimate of drug-likeness (QED) is 0.351. The lowest BCUT2D eigenvalue weighted by atomic mass is 9.77. The molecule has 2 aromatic rings. The molecule has 0 spiro atoms. The molecule has 0 aliphatic heterocycles. The zero-order valence-electron chi connectivity index (χ0n) is 22.0. The second-order valence-corrected chi connectivity index (χ2v) is 10.8. The molecule has 0 saturated heterocycles. The van der Waals surface area contributed by atoms with E-state index in [1.165, 1.54) is 75.3 Å². The summed E-state index contributed by atoms with van der Waals surface area (Å²) in [5.74, 6) is 10.7. The molecule has 0 bridgehead atoms. The second-order valence-electron chi connectivity index (χ2n) is 10.8. The van der Waals surface area contributed by atoms with Crippen LogP contribution in [0.4, 0.5) is 0 Å². The molecule has 0 amide bonds. The Balaban J connectivity index is 1.20. The summed E-state index contributed by atoms with van der Waals surface area (Å²) in [6, 6.07) is 17.9. The number of rotatable bonds is 8. The van der Waals surface area contributed by atoms with Crippen LogP contribution in [-0.4, -0.2) is 6.61 Å². The van der Waals surface area contributed by atoms with E-state index in [1.54, 1.807) is 0 Å². The zero-order chi connectivity index (χ0) is 24.3. The van der Waals surface area contributed by atoms with E-state index in [0.29, 0.717) is 11.8 Å². The molecule has 1 heteroatoms. The molecule has 2 aliphatic carbocycles. The maximum absolute atomic E-state index is 5.72. The van der Waals surface area contributed by atoms with Crippen molar-refractivity contribution in [1.29, 1.82) is 0 Å². The van der Waals surface area contributed by atoms with Crippen LogP contribution in [0.3, 0.4) is 0 Å². The average Bonchev–Trinajstić information content (AvgIpc) is 2.92. The zero-order valence-corrected chi connectivity index (χ0v) is 22.0. The van der Waals surface area contributed by atoms with Gasteiger partial charge in [-0.2, -0.15) is 0 Å². The van der Waals surface area contributed by atoms with Crippen LogP contribution in [-0.2, 0) is 0 Å². The first-order chi connectivity index (χ1) is 17.2. The van der Waals surface area contributed by atoms with Crippen LogP contribution in [0.5, 0.6) is 5.75 Å². The monoisotopic (exact) mass is 468 g/mol. The van der Waals surface area contributed by atoms with Crippen molar-refractivity contribution < 1.29 is 4.74 Å². The van der Waals surface area contributed by atoms with E-state index in [9.17, 15) is 0 Å². The highest BCUT2D eigenvalue weighted by Crippen LogP contribution is 2.38. The topological polar surface area (TPSA) is 9.23 Å².